The van der Waals surface area contributed by atoms with Gasteiger partial charge >= 0.3 is 153 Å². The van der Waals surface area contributed by atoms with Crippen LogP contribution in [0.2, 0.25) is 13.3 Å². The van der Waals surface area contributed by atoms with E-state index in [1.807, 2.05) is 0 Å². The molecule has 0 unspecified atom stereocenters. The molecule has 0 aliphatic carbocycles. The Hall–Kier alpha value is 0.759. The van der Waals surface area contributed by atoms with Gasteiger partial charge in [0, 0.05) is 0 Å². The van der Waals surface area contributed by atoms with Gasteiger partial charge in [0.1, 0.15) is 0 Å². The van der Waals surface area contributed by atoms with Crippen LogP contribution in [0.5, 0.6) is 0 Å². The molecule has 0 aliphatic rings. The average molecular weight is 433 g/mol. The summed E-state index contributed by atoms with van der Waals surface area (Å²) in [6, 6.07) is 0. The monoisotopic (exact) mass is 434 g/mol. The van der Waals surface area contributed by atoms with Crippen molar-refractivity contribution in [3.8, 4) is 0 Å². The Kier molecular flexibility index (Phi) is 18.2. The van der Waals surface area contributed by atoms with E-state index in [0.717, 1.165) is 0 Å². The molecule has 0 N–H and O–H groups in total. The van der Waals surface area contributed by atoms with Gasteiger partial charge in [0.2, 0.25) is 0 Å². The Bertz CT molecular complexity index is 214. The third-order valence-electron chi connectivity index (χ3n) is 5.39. The van der Waals surface area contributed by atoms with Gasteiger partial charge in [0.15, 0.2) is 0 Å². The summed E-state index contributed by atoms with van der Waals surface area (Å²) in [6.45, 7) is 6.94. The second-order valence-corrected chi connectivity index (χ2v) is 19.7. The van der Waals surface area contributed by atoms with Gasteiger partial charge in [-0.25, -0.2) is 0 Å². The van der Waals surface area contributed by atoms with Crippen LogP contribution in [0.25, 0.3) is 0 Å². The Morgan fingerprint density at radius 3 is 1.22 bits per heavy atom. The second kappa shape index (κ2) is 17.6. The van der Waals surface area contributed by atoms with Gasteiger partial charge in [-0.2, -0.15) is 0 Å². The van der Waals surface area contributed by atoms with Crippen LogP contribution in [0.4, 0.5) is 0 Å². The van der Waals surface area contributed by atoms with Gasteiger partial charge in [-0.3, -0.25) is 0 Å². The van der Waals surface area contributed by atoms with E-state index in [4.69, 9.17) is 3.07 Å². The third kappa shape index (κ3) is 13.7. The molecule has 0 atom stereocenters. The first-order valence-corrected chi connectivity index (χ1v) is 18.0. The molecule has 140 valence electrons. The summed E-state index contributed by atoms with van der Waals surface area (Å²) in [5.74, 6) is 0. The zero-order chi connectivity index (χ0) is 17.2. The van der Waals surface area contributed by atoms with Crippen LogP contribution in [-0.4, -0.2) is 25.9 Å². The maximum absolute atomic E-state index is 6.31. The predicted molar refractivity (Wildman–Crippen MR) is 109 cm³/mol. The van der Waals surface area contributed by atoms with E-state index >= 15 is 0 Å². The van der Waals surface area contributed by atoms with E-state index in [9.17, 15) is 0 Å². The third-order valence-corrected chi connectivity index (χ3v) is 18.7. The van der Waals surface area contributed by atoms with E-state index in [0.29, 0.717) is 0 Å². The SMILES string of the molecule is CCCCCCC[CH2][Sn]([CH2]CCC)([CH2]CCCCCCC)[O]C. The number of hydrogen-bond acceptors (Lipinski definition) is 1. The molecule has 23 heavy (non-hydrogen) atoms. The topological polar surface area (TPSA) is 9.23 Å². The van der Waals surface area contributed by atoms with Crippen molar-refractivity contribution in [1.82, 2.24) is 0 Å². The van der Waals surface area contributed by atoms with Crippen LogP contribution in [0.15, 0.2) is 0 Å². The van der Waals surface area contributed by atoms with Crippen molar-refractivity contribution in [2.75, 3.05) is 7.11 Å². The van der Waals surface area contributed by atoms with Gasteiger partial charge in [0.25, 0.3) is 0 Å². The molecule has 0 fully saturated rings. The fourth-order valence-corrected chi connectivity index (χ4v) is 15.5. The molecule has 0 radical (unpaired) electrons. The summed E-state index contributed by atoms with van der Waals surface area (Å²) in [6.07, 6.45) is 19.9. The molecule has 0 aliphatic heterocycles. The molecule has 1 nitrogen and oxygen atoms in total. The van der Waals surface area contributed by atoms with Gasteiger partial charge in [-0.05, 0) is 0 Å². The zero-order valence-corrected chi connectivity index (χ0v) is 19.8. The fraction of sp³-hybridized carbons (Fsp3) is 1.00. The van der Waals surface area contributed by atoms with Crippen molar-refractivity contribution in [2.45, 2.75) is 124 Å². The van der Waals surface area contributed by atoms with Crippen molar-refractivity contribution in [3.05, 3.63) is 0 Å². The molecule has 0 aromatic rings. The molecule has 0 aromatic heterocycles. The van der Waals surface area contributed by atoms with E-state index in [-0.39, 0.29) is 0 Å². The van der Waals surface area contributed by atoms with Crippen LogP contribution >= 0.6 is 0 Å². The molecular formula is C21H46OSn. The average Bonchev–Trinajstić information content (AvgIpc) is 2.58. The van der Waals surface area contributed by atoms with Gasteiger partial charge < -0.3 is 0 Å². The zero-order valence-electron chi connectivity index (χ0n) is 16.9. The van der Waals surface area contributed by atoms with Crippen LogP contribution in [0.1, 0.15) is 111 Å². The van der Waals surface area contributed by atoms with Gasteiger partial charge in [-0.15, -0.1) is 0 Å². The predicted octanol–water partition coefficient (Wildman–Crippen LogP) is 8.10. The molecule has 0 saturated carbocycles. The van der Waals surface area contributed by atoms with Crippen molar-refractivity contribution in [1.29, 1.82) is 0 Å². The maximum atomic E-state index is 6.31. The molecule has 0 amide bonds. The van der Waals surface area contributed by atoms with Crippen molar-refractivity contribution >= 4 is 18.8 Å². The van der Waals surface area contributed by atoms with Crippen LogP contribution < -0.4 is 0 Å². The summed E-state index contributed by atoms with van der Waals surface area (Å²) >= 11 is -2.25. The summed E-state index contributed by atoms with van der Waals surface area (Å²) in [7, 11) is 2.06. The first-order chi connectivity index (χ1) is 11.2. The van der Waals surface area contributed by atoms with Crippen LogP contribution in [0, 0.1) is 0 Å². The molecular weight excluding hydrogens is 387 g/mol. The fourth-order valence-electron chi connectivity index (χ4n) is 3.64. The second-order valence-electron chi connectivity index (χ2n) is 7.53. The number of rotatable bonds is 18. The van der Waals surface area contributed by atoms with Gasteiger partial charge in [0.05, 0.1) is 0 Å². The van der Waals surface area contributed by atoms with E-state index in [1.165, 1.54) is 103 Å². The van der Waals surface area contributed by atoms with Gasteiger partial charge in [-0.1, -0.05) is 0 Å². The molecule has 0 heterocycles. The molecule has 2 heteroatoms. The molecule has 0 bridgehead atoms. The summed E-state index contributed by atoms with van der Waals surface area (Å²) in [5, 5.41) is 0. The van der Waals surface area contributed by atoms with Crippen molar-refractivity contribution in [2.24, 2.45) is 0 Å². The van der Waals surface area contributed by atoms with Crippen molar-refractivity contribution in [3.63, 3.8) is 0 Å². The molecule has 0 rings (SSSR count). The molecule has 0 saturated heterocycles. The Morgan fingerprint density at radius 2 is 0.826 bits per heavy atom. The minimum absolute atomic E-state index is 1.34. The standard InChI is InChI=1S/2C8H17.C4H9.CH3O.Sn/c2*1-3-5-7-8-6-4-2;1-3-4-2;1-2;/h2*1,3-8H2,2H3;1,3-4H2,2H3;1H3;/q;;;-1;+1. The normalized spacial score (nSPS) is 12.0. The first kappa shape index (κ1) is 23.8. The first-order valence-electron chi connectivity index (χ1n) is 10.8. The van der Waals surface area contributed by atoms with E-state index in [2.05, 4.69) is 27.9 Å². The summed E-state index contributed by atoms with van der Waals surface area (Å²) in [5.41, 5.74) is 0. The van der Waals surface area contributed by atoms with E-state index in [1.54, 1.807) is 0 Å². The van der Waals surface area contributed by atoms with Crippen LogP contribution in [0.3, 0.4) is 0 Å². The Morgan fingerprint density at radius 1 is 0.478 bits per heavy atom. The number of unbranched alkanes of at least 4 members (excludes halogenated alkanes) is 11. The van der Waals surface area contributed by atoms with Crippen molar-refractivity contribution < 1.29 is 3.07 Å². The molecule has 0 spiro atoms. The van der Waals surface area contributed by atoms with E-state index < -0.39 is 18.8 Å². The Labute approximate surface area is 152 Å². The minimum atomic E-state index is -2.25. The van der Waals surface area contributed by atoms with Crippen LogP contribution in [-0.2, 0) is 3.07 Å². The number of hydrogen-bond donors (Lipinski definition) is 0. The quantitative estimate of drug-likeness (QED) is 0.157. The summed E-state index contributed by atoms with van der Waals surface area (Å²) in [4.78, 5) is 0. The Balaban J connectivity index is 4.06. The molecule has 0 aromatic carbocycles. The summed E-state index contributed by atoms with van der Waals surface area (Å²) < 4.78 is 10.8.